The van der Waals surface area contributed by atoms with Gasteiger partial charge in [0.15, 0.2) is 0 Å². The van der Waals surface area contributed by atoms with E-state index in [1.807, 2.05) is 13.2 Å². The Bertz CT molecular complexity index is 357. The third-order valence-corrected chi connectivity index (χ3v) is 2.47. The molecule has 0 aromatic carbocycles. The van der Waals surface area contributed by atoms with E-state index >= 15 is 0 Å². The van der Waals surface area contributed by atoms with Crippen LogP contribution in [0.2, 0.25) is 0 Å². The van der Waals surface area contributed by atoms with Gasteiger partial charge in [-0.15, -0.1) is 0 Å². The van der Waals surface area contributed by atoms with E-state index in [4.69, 9.17) is 4.74 Å². The minimum Gasteiger partial charge on any atom is -0.468 e. The van der Waals surface area contributed by atoms with Crippen LogP contribution in [0.5, 0.6) is 0 Å². The molecule has 0 spiro atoms. The van der Waals surface area contributed by atoms with Gasteiger partial charge >= 0.3 is 5.97 Å². The summed E-state index contributed by atoms with van der Waals surface area (Å²) in [6.45, 7) is 0. The summed E-state index contributed by atoms with van der Waals surface area (Å²) >= 11 is 0. The van der Waals surface area contributed by atoms with Gasteiger partial charge in [-0.3, -0.25) is 10.00 Å². The lowest BCUT2D eigenvalue weighted by Crippen LogP contribution is -2.30. The number of methoxy groups -OCH3 is 1. The van der Waals surface area contributed by atoms with Crippen LogP contribution in [0.3, 0.4) is 0 Å². The minimum absolute atomic E-state index is 0.255. The van der Waals surface area contributed by atoms with Gasteiger partial charge in [0.05, 0.1) is 13.3 Å². The molecule has 1 aliphatic carbocycles. The Labute approximate surface area is 88.4 Å². The Morgan fingerprint density at radius 3 is 2.93 bits per heavy atom. The lowest BCUT2D eigenvalue weighted by Gasteiger charge is -2.13. The van der Waals surface area contributed by atoms with Gasteiger partial charge in [-0.25, -0.2) is 4.79 Å². The zero-order valence-corrected chi connectivity index (χ0v) is 8.93. The number of nitrogens with one attached hydrogen (secondary N) is 1. The fraction of sp³-hybridized carbons (Fsp3) is 0.600. The Hall–Kier alpha value is -1.36. The first-order valence-corrected chi connectivity index (χ1v) is 5.03. The average molecular weight is 209 g/mol. The van der Waals surface area contributed by atoms with Gasteiger partial charge in [0.25, 0.3) is 0 Å². The molecular formula is C10H15N3O2. The van der Waals surface area contributed by atoms with Gasteiger partial charge in [0.1, 0.15) is 6.04 Å². The van der Waals surface area contributed by atoms with Crippen LogP contribution in [0, 0.1) is 0 Å². The zero-order valence-electron chi connectivity index (χ0n) is 8.93. The van der Waals surface area contributed by atoms with Crippen LogP contribution in [0.4, 0.5) is 0 Å². The number of carbonyl (C=O) groups excluding carboxylic acids is 1. The fourth-order valence-electron chi connectivity index (χ4n) is 1.49. The first kappa shape index (κ1) is 10.2. The molecule has 1 heterocycles. The second kappa shape index (κ2) is 4.02. The molecule has 0 bridgehead atoms. The number of esters is 1. The van der Waals surface area contributed by atoms with Crippen LogP contribution < -0.4 is 5.32 Å². The van der Waals surface area contributed by atoms with E-state index in [0.29, 0.717) is 6.04 Å². The quantitative estimate of drug-likeness (QED) is 0.729. The average Bonchev–Trinajstić information content (AvgIpc) is 2.96. The Balaban J connectivity index is 2.12. The highest BCUT2D eigenvalue weighted by molar-refractivity contribution is 5.77. The Kier molecular flexibility index (Phi) is 2.73. The van der Waals surface area contributed by atoms with Crippen molar-refractivity contribution in [1.29, 1.82) is 0 Å². The van der Waals surface area contributed by atoms with E-state index in [0.717, 1.165) is 18.4 Å². The second-order valence-corrected chi connectivity index (χ2v) is 3.84. The normalized spacial score (nSPS) is 17.5. The molecular weight excluding hydrogens is 194 g/mol. The summed E-state index contributed by atoms with van der Waals surface area (Å²) in [5.41, 5.74) is 0.858. The molecule has 15 heavy (non-hydrogen) atoms. The molecule has 1 aromatic heterocycles. The maximum absolute atomic E-state index is 11.6. The van der Waals surface area contributed by atoms with Gasteiger partial charge in [-0.2, -0.15) is 5.10 Å². The minimum atomic E-state index is -0.379. The maximum atomic E-state index is 11.6. The van der Waals surface area contributed by atoms with Gasteiger partial charge < -0.3 is 4.74 Å². The van der Waals surface area contributed by atoms with Gasteiger partial charge in [-0.05, 0) is 12.8 Å². The van der Waals surface area contributed by atoms with Crippen molar-refractivity contribution >= 4 is 5.97 Å². The molecule has 1 fully saturated rings. The molecule has 0 amide bonds. The first-order chi connectivity index (χ1) is 7.20. The van der Waals surface area contributed by atoms with E-state index in [2.05, 4.69) is 10.4 Å². The molecule has 5 heteroatoms. The van der Waals surface area contributed by atoms with Crippen LogP contribution in [0.15, 0.2) is 12.4 Å². The van der Waals surface area contributed by atoms with Crippen LogP contribution >= 0.6 is 0 Å². The largest absolute Gasteiger partial charge is 0.468 e. The molecule has 1 aromatic rings. The van der Waals surface area contributed by atoms with Crippen molar-refractivity contribution in [1.82, 2.24) is 15.1 Å². The Morgan fingerprint density at radius 1 is 1.73 bits per heavy atom. The van der Waals surface area contributed by atoms with Gasteiger partial charge in [-0.1, -0.05) is 0 Å². The second-order valence-electron chi connectivity index (χ2n) is 3.84. The summed E-state index contributed by atoms with van der Waals surface area (Å²) in [6.07, 6.45) is 5.79. The molecule has 1 N–H and O–H groups in total. The van der Waals surface area contributed by atoms with Crippen molar-refractivity contribution < 1.29 is 9.53 Å². The van der Waals surface area contributed by atoms with E-state index in [-0.39, 0.29) is 12.0 Å². The summed E-state index contributed by atoms with van der Waals surface area (Å²) < 4.78 is 6.45. The number of nitrogens with zero attached hydrogens (tertiary/aromatic N) is 2. The van der Waals surface area contributed by atoms with E-state index < -0.39 is 0 Å². The molecule has 0 aliphatic heterocycles. The molecule has 0 saturated heterocycles. The van der Waals surface area contributed by atoms with E-state index in [1.54, 1.807) is 10.9 Å². The number of hydrogen-bond donors (Lipinski definition) is 1. The van der Waals surface area contributed by atoms with E-state index in [1.165, 1.54) is 7.11 Å². The van der Waals surface area contributed by atoms with Crippen molar-refractivity contribution in [3.63, 3.8) is 0 Å². The highest BCUT2D eigenvalue weighted by atomic mass is 16.5. The van der Waals surface area contributed by atoms with Crippen molar-refractivity contribution in [3.8, 4) is 0 Å². The van der Waals surface area contributed by atoms with Crippen LogP contribution in [0.25, 0.3) is 0 Å². The first-order valence-electron chi connectivity index (χ1n) is 5.03. The molecule has 5 nitrogen and oxygen atoms in total. The smallest absolute Gasteiger partial charge is 0.327 e. The number of rotatable bonds is 4. The Morgan fingerprint density at radius 2 is 2.47 bits per heavy atom. The summed E-state index contributed by atoms with van der Waals surface area (Å²) in [4.78, 5) is 11.6. The number of ether oxygens (including phenoxy) is 1. The monoisotopic (exact) mass is 209 g/mol. The van der Waals surface area contributed by atoms with Crippen molar-refractivity contribution in [2.45, 2.75) is 24.9 Å². The molecule has 1 atom stereocenters. The number of aryl methyl sites for hydroxylation is 1. The SMILES string of the molecule is COC(=O)C(NC1CC1)c1cnn(C)c1. The maximum Gasteiger partial charge on any atom is 0.327 e. The standard InChI is InChI=1S/C10H15N3O2/c1-13-6-7(5-11-13)9(10(14)15-2)12-8-3-4-8/h5-6,8-9,12H,3-4H2,1-2H3. The summed E-state index contributed by atoms with van der Waals surface area (Å²) in [5, 5.41) is 7.29. The number of carbonyl (C=O) groups is 1. The van der Waals surface area contributed by atoms with Crippen LogP contribution in [-0.2, 0) is 16.6 Å². The molecule has 0 radical (unpaired) electrons. The van der Waals surface area contributed by atoms with Crippen molar-refractivity contribution in [2.75, 3.05) is 7.11 Å². The predicted molar refractivity (Wildman–Crippen MR) is 54.1 cm³/mol. The highest BCUT2D eigenvalue weighted by Gasteiger charge is 2.30. The van der Waals surface area contributed by atoms with Crippen molar-refractivity contribution in [2.24, 2.45) is 7.05 Å². The molecule has 2 rings (SSSR count). The number of aromatic nitrogens is 2. The highest BCUT2D eigenvalue weighted by Crippen LogP contribution is 2.24. The summed E-state index contributed by atoms with van der Waals surface area (Å²) in [6, 6.07) is 0.0745. The lowest BCUT2D eigenvalue weighted by molar-refractivity contribution is -0.143. The fourth-order valence-corrected chi connectivity index (χ4v) is 1.49. The third kappa shape index (κ3) is 2.36. The molecule has 1 saturated carbocycles. The zero-order chi connectivity index (χ0) is 10.8. The van der Waals surface area contributed by atoms with Crippen LogP contribution in [0.1, 0.15) is 24.4 Å². The third-order valence-electron chi connectivity index (χ3n) is 2.47. The van der Waals surface area contributed by atoms with E-state index in [9.17, 15) is 4.79 Å². The van der Waals surface area contributed by atoms with Gasteiger partial charge in [0, 0.05) is 24.8 Å². The molecule has 1 unspecified atom stereocenters. The predicted octanol–water partition coefficient (Wildman–Crippen LogP) is 0.386. The van der Waals surface area contributed by atoms with Gasteiger partial charge in [0.2, 0.25) is 0 Å². The molecule has 82 valence electrons. The summed E-state index contributed by atoms with van der Waals surface area (Å²) in [7, 11) is 3.23. The lowest BCUT2D eigenvalue weighted by atomic mass is 10.1. The molecule has 1 aliphatic rings. The van der Waals surface area contributed by atoms with Crippen LogP contribution in [-0.4, -0.2) is 28.9 Å². The topological polar surface area (TPSA) is 56.1 Å². The van der Waals surface area contributed by atoms with Crippen molar-refractivity contribution in [3.05, 3.63) is 18.0 Å². The summed E-state index contributed by atoms with van der Waals surface area (Å²) in [5.74, 6) is -0.255. The number of hydrogen-bond acceptors (Lipinski definition) is 4.